The first-order chi connectivity index (χ1) is 7.35. The van der Waals surface area contributed by atoms with Gasteiger partial charge < -0.3 is 10.4 Å². The molecule has 1 saturated heterocycles. The van der Waals surface area contributed by atoms with Crippen LogP contribution in [0.2, 0.25) is 6.32 Å². The SMILES string of the molecule is C[C@H](N)B1C[C@@H]2C[C@@H]3C[C@@H](C3(C)C)[C@]2(C)O1. The van der Waals surface area contributed by atoms with E-state index in [1.54, 1.807) is 0 Å². The highest BCUT2D eigenvalue weighted by Crippen LogP contribution is 2.68. The second-order valence-electron chi connectivity index (χ2n) is 7.17. The van der Waals surface area contributed by atoms with Crippen molar-refractivity contribution in [2.45, 2.75) is 58.4 Å². The maximum atomic E-state index is 6.38. The highest BCUT2D eigenvalue weighted by Gasteiger charge is 2.66. The van der Waals surface area contributed by atoms with Crippen molar-refractivity contribution < 1.29 is 4.65 Å². The highest BCUT2D eigenvalue weighted by molar-refractivity contribution is 6.54. The lowest BCUT2D eigenvalue weighted by Crippen LogP contribution is -2.63. The maximum absolute atomic E-state index is 6.38. The predicted octanol–water partition coefficient (Wildman–Crippen LogP) is 2.34. The highest BCUT2D eigenvalue weighted by atomic mass is 16.5. The average Bonchev–Trinajstić information content (AvgIpc) is 2.54. The van der Waals surface area contributed by atoms with Crippen LogP contribution in [0.3, 0.4) is 0 Å². The molecule has 16 heavy (non-hydrogen) atoms. The second-order valence-corrected chi connectivity index (χ2v) is 7.17. The number of rotatable bonds is 1. The van der Waals surface area contributed by atoms with Gasteiger partial charge in [-0.05, 0) is 49.3 Å². The van der Waals surface area contributed by atoms with E-state index >= 15 is 0 Å². The van der Waals surface area contributed by atoms with Crippen LogP contribution in [0.4, 0.5) is 0 Å². The Labute approximate surface area is 99.4 Å². The molecule has 90 valence electrons. The first kappa shape index (κ1) is 11.1. The summed E-state index contributed by atoms with van der Waals surface area (Å²) in [6, 6.07) is 0. The normalized spacial score (nSPS) is 50.8. The Bertz CT molecular complexity index is 317. The molecular weight excluding hydrogens is 197 g/mol. The largest absolute Gasteiger partial charge is 0.429 e. The molecule has 3 heteroatoms. The van der Waals surface area contributed by atoms with Crippen LogP contribution in [0.25, 0.3) is 0 Å². The van der Waals surface area contributed by atoms with Crippen molar-refractivity contribution in [3.63, 3.8) is 0 Å². The molecule has 0 amide bonds. The van der Waals surface area contributed by atoms with E-state index in [2.05, 4.69) is 27.7 Å². The van der Waals surface area contributed by atoms with E-state index in [0.717, 1.165) is 17.8 Å². The van der Waals surface area contributed by atoms with Gasteiger partial charge in [0.25, 0.3) is 0 Å². The van der Waals surface area contributed by atoms with E-state index in [0.29, 0.717) is 12.3 Å². The van der Waals surface area contributed by atoms with Gasteiger partial charge in [0.2, 0.25) is 0 Å². The van der Waals surface area contributed by atoms with Gasteiger partial charge in [0, 0.05) is 5.94 Å². The van der Waals surface area contributed by atoms with Crippen LogP contribution < -0.4 is 5.73 Å². The van der Waals surface area contributed by atoms with Crippen LogP contribution in [0.15, 0.2) is 0 Å². The van der Waals surface area contributed by atoms with Crippen LogP contribution in [0.5, 0.6) is 0 Å². The van der Waals surface area contributed by atoms with Gasteiger partial charge in [-0.1, -0.05) is 20.8 Å². The molecule has 3 saturated carbocycles. The Morgan fingerprint density at radius 3 is 2.50 bits per heavy atom. The molecule has 2 bridgehead atoms. The average molecular weight is 221 g/mol. The molecule has 4 rings (SSSR count). The molecule has 4 aliphatic rings. The third kappa shape index (κ3) is 1.17. The van der Waals surface area contributed by atoms with Gasteiger partial charge >= 0.3 is 6.92 Å². The molecule has 1 heterocycles. The smallest absolute Gasteiger partial charge is 0.310 e. The van der Waals surface area contributed by atoms with Crippen molar-refractivity contribution in [3.05, 3.63) is 0 Å². The molecule has 3 aliphatic carbocycles. The summed E-state index contributed by atoms with van der Waals surface area (Å²) >= 11 is 0. The molecule has 0 aromatic heterocycles. The van der Waals surface area contributed by atoms with Crippen molar-refractivity contribution in [1.82, 2.24) is 0 Å². The first-order valence-corrected chi connectivity index (χ1v) is 6.79. The fourth-order valence-electron chi connectivity index (χ4n) is 4.74. The molecule has 0 unspecified atom stereocenters. The molecule has 1 aliphatic heterocycles. The number of hydrogen-bond acceptors (Lipinski definition) is 2. The maximum Gasteiger partial charge on any atom is 0.310 e. The summed E-state index contributed by atoms with van der Waals surface area (Å²) in [5.41, 5.74) is 6.63. The predicted molar refractivity (Wildman–Crippen MR) is 67.2 cm³/mol. The minimum Gasteiger partial charge on any atom is -0.429 e. The molecule has 4 fully saturated rings. The lowest BCUT2D eigenvalue weighted by atomic mass is 9.41. The van der Waals surface area contributed by atoms with E-state index in [1.807, 2.05) is 0 Å². The summed E-state index contributed by atoms with van der Waals surface area (Å²) in [4.78, 5) is 0. The van der Waals surface area contributed by atoms with Gasteiger partial charge in [-0.25, -0.2) is 0 Å². The van der Waals surface area contributed by atoms with Gasteiger partial charge in [-0.3, -0.25) is 0 Å². The first-order valence-electron chi connectivity index (χ1n) is 6.79. The molecule has 2 nitrogen and oxygen atoms in total. The van der Waals surface area contributed by atoms with Crippen LogP contribution in [0, 0.1) is 23.2 Å². The molecule has 0 aromatic rings. The van der Waals surface area contributed by atoms with E-state index < -0.39 is 0 Å². The zero-order chi connectivity index (χ0) is 11.7. The molecule has 2 N–H and O–H groups in total. The van der Waals surface area contributed by atoms with E-state index in [-0.39, 0.29) is 11.5 Å². The van der Waals surface area contributed by atoms with Gasteiger partial charge in [-0.2, -0.15) is 0 Å². The summed E-state index contributed by atoms with van der Waals surface area (Å²) in [6.45, 7) is 9.58. The van der Waals surface area contributed by atoms with Gasteiger partial charge in [0.1, 0.15) is 0 Å². The van der Waals surface area contributed by atoms with E-state index in [1.165, 1.54) is 19.2 Å². The van der Waals surface area contributed by atoms with Crippen LogP contribution >= 0.6 is 0 Å². The molecular formula is C13H24BNO. The van der Waals surface area contributed by atoms with Crippen molar-refractivity contribution in [3.8, 4) is 0 Å². The Balaban J connectivity index is 1.87. The standard InChI is InChI=1S/C13H24BNO/c1-8(15)14-7-10-5-9-6-11(12(9,2)3)13(10,4)16-14/h8-11H,5-7,15H2,1-4H3/t8-,9+,10-,11-,13+/m0/s1. The molecule has 5 atom stereocenters. The molecule has 0 radical (unpaired) electrons. The summed E-state index contributed by atoms with van der Waals surface area (Å²) in [7, 11) is 0. The quantitative estimate of drug-likeness (QED) is 0.689. The third-order valence-corrected chi connectivity index (χ3v) is 6.05. The molecule has 0 aromatic carbocycles. The Kier molecular flexibility index (Phi) is 2.12. The number of hydrogen-bond donors (Lipinski definition) is 1. The van der Waals surface area contributed by atoms with Crippen molar-refractivity contribution in [1.29, 1.82) is 0 Å². The van der Waals surface area contributed by atoms with Crippen LogP contribution in [-0.2, 0) is 4.65 Å². The summed E-state index contributed by atoms with van der Waals surface area (Å²) in [5.74, 6) is 2.64. The van der Waals surface area contributed by atoms with Crippen molar-refractivity contribution >= 4 is 6.92 Å². The minimum atomic E-state index is 0.122. The fourth-order valence-corrected chi connectivity index (χ4v) is 4.74. The fraction of sp³-hybridized carbons (Fsp3) is 1.00. The van der Waals surface area contributed by atoms with Crippen LogP contribution in [0.1, 0.15) is 40.5 Å². The monoisotopic (exact) mass is 221 g/mol. The summed E-state index contributed by atoms with van der Waals surface area (Å²) in [6.07, 6.45) is 3.94. The van der Waals surface area contributed by atoms with Gasteiger partial charge in [-0.15, -0.1) is 0 Å². The lowest BCUT2D eigenvalue weighted by molar-refractivity contribution is -0.197. The van der Waals surface area contributed by atoms with E-state index in [9.17, 15) is 0 Å². The Morgan fingerprint density at radius 2 is 1.94 bits per heavy atom. The summed E-state index contributed by atoms with van der Waals surface area (Å²) in [5, 5.41) is 0. The van der Waals surface area contributed by atoms with Gasteiger partial charge in [0.15, 0.2) is 0 Å². The number of nitrogens with two attached hydrogens (primary N) is 1. The minimum absolute atomic E-state index is 0.122. The van der Waals surface area contributed by atoms with Crippen molar-refractivity contribution in [2.75, 3.05) is 0 Å². The molecule has 0 spiro atoms. The Morgan fingerprint density at radius 1 is 1.25 bits per heavy atom. The Hall–Kier alpha value is -0.0151. The van der Waals surface area contributed by atoms with Gasteiger partial charge in [0.05, 0.1) is 5.60 Å². The third-order valence-electron chi connectivity index (χ3n) is 6.05. The topological polar surface area (TPSA) is 35.2 Å². The zero-order valence-corrected chi connectivity index (χ0v) is 11.0. The summed E-state index contributed by atoms with van der Waals surface area (Å²) < 4.78 is 6.38. The van der Waals surface area contributed by atoms with Crippen LogP contribution in [-0.4, -0.2) is 18.5 Å². The van der Waals surface area contributed by atoms with E-state index in [4.69, 9.17) is 10.4 Å². The second kappa shape index (κ2) is 3.05. The lowest BCUT2D eigenvalue weighted by Gasteiger charge is -2.65. The zero-order valence-electron chi connectivity index (χ0n) is 11.0. The van der Waals surface area contributed by atoms with Crippen molar-refractivity contribution in [2.24, 2.45) is 28.9 Å².